The van der Waals surface area contributed by atoms with Gasteiger partial charge >= 0.3 is 0 Å². The second kappa shape index (κ2) is 8.79. The minimum Gasteiger partial charge on any atom is -0.505 e. The predicted octanol–water partition coefficient (Wildman–Crippen LogP) is 4.00. The molecule has 3 aromatic heterocycles. The van der Waals surface area contributed by atoms with E-state index in [1.54, 1.807) is 54.3 Å². The molecule has 9 heteroatoms. The van der Waals surface area contributed by atoms with Crippen molar-refractivity contribution in [3.63, 3.8) is 0 Å². The maximum absolute atomic E-state index is 13.3. The van der Waals surface area contributed by atoms with Gasteiger partial charge in [-0.3, -0.25) is 14.0 Å². The van der Waals surface area contributed by atoms with Crippen LogP contribution in [0.2, 0.25) is 5.02 Å². The molecule has 1 amide bonds. The lowest BCUT2D eigenvalue weighted by molar-refractivity contribution is -0.139. The number of rotatable bonds is 6. The first-order valence-electron chi connectivity index (χ1n) is 10.9. The summed E-state index contributed by atoms with van der Waals surface area (Å²) in [7, 11) is 0. The van der Waals surface area contributed by atoms with Crippen LogP contribution in [0.3, 0.4) is 0 Å². The molecule has 1 aromatic carbocycles. The van der Waals surface area contributed by atoms with Crippen molar-refractivity contribution in [1.29, 1.82) is 0 Å². The van der Waals surface area contributed by atoms with E-state index in [1.807, 2.05) is 29.0 Å². The molecule has 1 aliphatic rings. The van der Waals surface area contributed by atoms with E-state index in [9.17, 15) is 14.7 Å². The fourth-order valence-electron chi connectivity index (χ4n) is 4.50. The average molecular weight is 476 g/mol. The highest BCUT2D eigenvalue weighted by Crippen LogP contribution is 2.40. The minimum atomic E-state index is -0.768. The second-order valence-electron chi connectivity index (χ2n) is 8.18. The molecule has 4 aromatic rings. The van der Waals surface area contributed by atoms with Gasteiger partial charge in [0.15, 0.2) is 5.76 Å². The lowest BCUT2D eigenvalue weighted by atomic mass is 9.96. The van der Waals surface area contributed by atoms with Crippen LogP contribution in [0.25, 0.3) is 11.4 Å². The number of aryl methyl sites for hydroxylation is 2. The topological polar surface area (TPSA) is 92.7 Å². The number of aliphatic hydroxyl groups excluding tert-OH is 1. The van der Waals surface area contributed by atoms with E-state index in [1.165, 1.54) is 4.90 Å². The molecule has 1 fully saturated rings. The van der Waals surface area contributed by atoms with Crippen LogP contribution in [0.15, 0.2) is 73.0 Å². The van der Waals surface area contributed by atoms with Gasteiger partial charge in [-0.2, -0.15) is 0 Å². The first kappa shape index (κ1) is 21.9. The third-order valence-corrected chi connectivity index (χ3v) is 6.24. The van der Waals surface area contributed by atoms with Crippen LogP contribution in [-0.2, 0) is 16.1 Å². The van der Waals surface area contributed by atoms with Crippen LogP contribution < -0.4 is 0 Å². The number of benzene rings is 1. The number of ketones is 1. The van der Waals surface area contributed by atoms with Crippen molar-refractivity contribution in [2.75, 3.05) is 6.54 Å². The number of fused-ring (bicyclic) bond motifs is 1. The molecule has 5 rings (SSSR count). The molecular weight excluding hydrogens is 454 g/mol. The Bertz CT molecular complexity index is 1420. The summed E-state index contributed by atoms with van der Waals surface area (Å²) >= 11 is 6.25. The van der Waals surface area contributed by atoms with Gasteiger partial charge in [-0.15, -0.1) is 0 Å². The van der Waals surface area contributed by atoms with Crippen LogP contribution in [0.5, 0.6) is 0 Å². The highest BCUT2D eigenvalue weighted by Gasteiger charge is 2.46. The van der Waals surface area contributed by atoms with E-state index in [0.29, 0.717) is 47.1 Å². The van der Waals surface area contributed by atoms with Gasteiger partial charge in [-0.05, 0) is 43.2 Å². The number of likely N-dealkylation sites (tertiary alicyclic amines) is 1. The molecule has 4 heterocycles. The van der Waals surface area contributed by atoms with Gasteiger partial charge in [0.2, 0.25) is 0 Å². The number of imidazole rings is 2. The number of carbonyl (C=O) groups excluding carboxylic acids is 2. The lowest BCUT2D eigenvalue weighted by Gasteiger charge is -2.25. The van der Waals surface area contributed by atoms with E-state index >= 15 is 0 Å². The van der Waals surface area contributed by atoms with Crippen molar-refractivity contribution < 1.29 is 14.7 Å². The first-order chi connectivity index (χ1) is 16.5. The first-order valence-corrected chi connectivity index (χ1v) is 11.3. The summed E-state index contributed by atoms with van der Waals surface area (Å²) in [5.74, 6) is -1.63. The Balaban J connectivity index is 1.61. The second-order valence-corrected chi connectivity index (χ2v) is 8.61. The predicted molar refractivity (Wildman–Crippen MR) is 127 cm³/mol. The minimum absolute atomic E-state index is 0.0312. The zero-order valence-electron chi connectivity index (χ0n) is 18.4. The van der Waals surface area contributed by atoms with Crippen LogP contribution in [-0.4, -0.2) is 47.2 Å². The fraction of sp³-hybridized carbons (Fsp3) is 0.200. The van der Waals surface area contributed by atoms with E-state index in [-0.39, 0.29) is 11.3 Å². The molecule has 0 saturated carbocycles. The zero-order valence-corrected chi connectivity index (χ0v) is 19.2. The number of amides is 1. The van der Waals surface area contributed by atoms with Crippen LogP contribution >= 0.6 is 11.6 Å². The van der Waals surface area contributed by atoms with Crippen molar-refractivity contribution in [3.05, 3.63) is 94.9 Å². The van der Waals surface area contributed by atoms with E-state index in [2.05, 4.69) is 9.97 Å². The Kier molecular flexibility index (Phi) is 5.67. The van der Waals surface area contributed by atoms with Gasteiger partial charge in [-0.25, -0.2) is 9.97 Å². The van der Waals surface area contributed by atoms with Crippen molar-refractivity contribution in [1.82, 2.24) is 23.8 Å². The van der Waals surface area contributed by atoms with Crippen molar-refractivity contribution in [2.24, 2.45) is 0 Å². The van der Waals surface area contributed by atoms with Crippen molar-refractivity contribution in [3.8, 4) is 0 Å². The number of aromatic nitrogens is 4. The van der Waals surface area contributed by atoms with Gasteiger partial charge in [-0.1, -0.05) is 29.8 Å². The summed E-state index contributed by atoms with van der Waals surface area (Å²) in [4.78, 5) is 36.5. The largest absolute Gasteiger partial charge is 0.505 e. The van der Waals surface area contributed by atoms with Crippen LogP contribution in [0.1, 0.15) is 29.4 Å². The molecule has 0 aliphatic carbocycles. The van der Waals surface area contributed by atoms with E-state index in [4.69, 9.17) is 11.6 Å². The Morgan fingerprint density at radius 3 is 2.74 bits per heavy atom. The monoisotopic (exact) mass is 475 g/mol. The quantitative estimate of drug-likeness (QED) is 0.258. The molecule has 0 unspecified atom stereocenters. The number of halogens is 1. The summed E-state index contributed by atoms with van der Waals surface area (Å²) in [5, 5.41) is 11.9. The Morgan fingerprint density at radius 2 is 1.97 bits per heavy atom. The number of hydrogen-bond donors (Lipinski definition) is 1. The number of hydrogen-bond acceptors (Lipinski definition) is 5. The standard InChI is InChI=1S/C25H22ClN5O3/c1-16-21(30-11-3-2-8-19(30)28-16)23(32)20-22(17-6-4-7-18(26)14-17)31(25(34)24(20)33)12-5-10-29-13-9-27-15-29/h2-4,6-9,11,13-15,22,32H,5,10,12H2,1H3/b23-20+/t22-/m0/s1. The number of nitrogens with zero attached hydrogens (tertiary/aromatic N) is 5. The highest BCUT2D eigenvalue weighted by atomic mass is 35.5. The maximum Gasteiger partial charge on any atom is 0.295 e. The Hall–Kier alpha value is -3.91. The molecule has 1 saturated heterocycles. The Morgan fingerprint density at radius 1 is 1.12 bits per heavy atom. The molecule has 1 atom stereocenters. The molecule has 172 valence electrons. The van der Waals surface area contributed by atoms with E-state index < -0.39 is 17.7 Å². The normalized spacial score (nSPS) is 17.7. The summed E-state index contributed by atoms with van der Waals surface area (Å²) in [6, 6.07) is 11.7. The van der Waals surface area contributed by atoms with Crippen LogP contribution in [0.4, 0.5) is 0 Å². The summed E-state index contributed by atoms with van der Waals surface area (Å²) in [5.41, 5.74) is 2.26. The molecule has 1 aliphatic heterocycles. The summed E-state index contributed by atoms with van der Waals surface area (Å²) in [6.07, 6.45) is 7.61. The molecule has 0 radical (unpaired) electrons. The van der Waals surface area contributed by atoms with Gasteiger partial charge in [0.25, 0.3) is 11.7 Å². The summed E-state index contributed by atoms with van der Waals surface area (Å²) < 4.78 is 3.62. The SMILES string of the molecule is Cc1nc2ccccn2c1/C(O)=C1\C(=O)C(=O)N(CCCn2ccnc2)[C@H]1c1cccc(Cl)c1. The highest BCUT2D eigenvalue weighted by molar-refractivity contribution is 6.46. The van der Waals surface area contributed by atoms with Crippen LogP contribution in [0, 0.1) is 6.92 Å². The molecule has 34 heavy (non-hydrogen) atoms. The van der Waals surface area contributed by atoms with Gasteiger partial charge in [0, 0.05) is 36.7 Å². The molecular formula is C25H22ClN5O3. The van der Waals surface area contributed by atoms with Crippen molar-refractivity contribution >= 4 is 34.7 Å². The third-order valence-electron chi connectivity index (χ3n) is 6.01. The molecule has 0 bridgehead atoms. The zero-order chi connectivity index (χ0) is 23.8. The number of Topliss-reactive ketones (excluding diaryl/α,β-unsaturated/α-hetero) is 1. The van der Waals surface area contributed by atoms with Gasteiger partial charge in [0.1, 0.15) is 11.3 Å². The molecule has 8 nitrogen and oxygen atoms in total. The third kappa shape index (κ3) is 3.76. The van der Waals surface area contributed by atoms with E-state index in [0.717, 1.165) is 0 Å². The molecule has 1 N–H and O–H groups in total. The average Bonchev–Trinajstić information content (AvgIpc) is 3.51. The Labute approximate surface area is 200 Å². The summed E-state index contributed by atoms with van der Waals surface area (Å²) in [6.45, 7) is 2.72. The number of carbonyl (C=O) groups is 2. The maximum atomic E-state index is 13.3. The molecule has 0 spiro atoms. The smallest absolute Gasteiger partial charge is 0.295 e. The van der Waals surface area contributed by atoms with Crippen molar-refractivity contribution in [2.45, 2.75) is 25.9 Å². The number of pyridine rings is 1. The lowest BCUT2D eigenvalue weighted by Crippen LogP contribution is -2.31. The van der Waals surface area contributed by atoms with Gasteiger partial charge < -0.3 is 14.6 Å². The fourth-order valence-corrected chi connectivity index (χ4v) is 4.70. The number of aliphatic hydroxyl groups is 1. The van der Waals surface area contributed by atoms with Gasteiger partial charge in [0.05, 0.1) is 23.6 Å².